The molecule has 270 valence electrons. The smallest absolute Gasteiger partial charge is 0.242 e. The molecule has 9 rings (SSSR count). The van der Waals surface area contributed by atoms with E-state index in [2.05, 4.69) is 0 Å². The van der Waals surface area contributed by atoms with Crippen LogP contribution in [0.1, 0.15) is 41.7 Å². The minimum Gasteiger partial charge on any atom is -0.508 e. The summed E-state index contributed by atoms with van der Waals surface area (Å²) in [5.74, 6) is -3.90. The number of phenolic OH excluding ortho intramolecular Hbond substituents is 1. The number of aromatic hydroxyl groups is 1. The molecule has 2 aliphatic heterocycles. The molecule has 4 aliphatic rings. The van der Waals surface area contributed by atoms with Gasteiger partial charge in [0.1, 0.15) is 23.0 Å². The number of hydrogen-bond donors (Lipinski definition) is 1. The molecular weight excluding hydrogens is 732 g/mol. The van der Waals surface area contributed by atoms with Gasteiger partial charge in [-0.15, -0.1) is 22.7 Å². The van der Waals surface area contributed by atoms with E-state index in [1.54, 1.807) is 48.2 Å². The van der Waals surface area contributed by atoms with Crippen molar-refractivity contribution in [1.29, 1.82) is 0 Å². The predicted octanol–water partition coefficient (Wildman–Crippen LogP) is 7.47. The molecule has 2 aromatic carbocycles. The van der Waals surface area contributed by atoms with Gasteiger partial charge < -0.3 is 9.84 Å². The molecule has 1 saturated carbocycles. The Morgan fingerprint density at radius 3 is 2.60 bits per heavy atom. The third-order valence-electron chi connectivity index (χ3n) is 12.0. The second-order valence-corrected chi connectivity index (χ2v) is 17.2. The number of carbonyl (C=O) groups is 4. The van der Waals surface area contributed by atoms with Crippen molar-refractivity contribution in [2.75, 3.05) is 12.0 Å². The summed E-state index contributed by atoms with van der Waals surface area (Å²) < 4.78 is 8.17. The number of hydrogen-bond acceptors (Lipinski definition) is 9. The largest absolute Gasteiger partial charge is 0.508 e. The molecular formula is C40H35ClN4O6S2. The Hall–Kier alpha value is -4.78. The topological polar surface area (TPSA) is 122 Å². The van der Waals surface area contributed by atoms with Gasteiger partial charge in [-0.2, -0.15) is 5.10 Å². The van der Waals surface area contributed by atoms with Crippen molar-refractivity contribution in [2.45, 2.75) is 39.2 Å². The Balaban J connectivity index is 1.15. The fraction of sp³-hybridized carbons (Fsp3) is 0.325. The highest BCUT2D eigenvalue weighted by Crippen LogP contribution is 2.64. The Morgan fingerprint density at radius 1 is 1.04 bits per heavy atom. The number of anilines is 1. The highest BCUT2D eigenvalue weighted by molar-refractivity contribution is 7.22. The fourth-order valence-electron chi connectivity index (χ4n) is 9.46. The molecule has 3 fully saturated rings. The van der Waals surface area contributed by atoms with Crippen LogP contribution < -0.4 is 9.64 Å². The molecule has 2 aliphatic carbocycles. The molecule has 5 heterocycles. The number of carbonyl (C=O) groups excluding carboxylic acids is 4. The molecule has 3 aromatic heterocycles. The summed E-state index contributed by atoms with van der Waals surface area (Å²) in [7, 11) is 3.24. The monoisotopic (exact) mass is 766 g/mol. The Bertz CT molecular complexity index is 2430. The van der Waals surface area contributed by atoms with Crippen LogP contribution >= 0.6 is 34.3 Å². The van der Waals surface area contributed by atoms with Crippen LogP contribution in [0, 0.1) is 36.0 Å². The van der Waals surface area contributed by atoms with Crippen LogP contribution in [0.15, 0.2) is 71.6 Å². The first-order chi connectivity index (χ1) is 25.4. The number of ether oxygens (including phenoxy) is 1. The minimum atomic E-state index is -1.34. The first-order valence-electron chi connectivity index (χ1n) is 17.5. The summed E-state index contributed by atoms with van der Waals surface area (Å²) in [6.45, 7) is 4.00. The molecule has 0 radical (unpaired) electrons. The highest BCUT2D eigenvalue weighted by Gasteiger charge is 2.68. The molecule has 2 saturated heterocycles. The lowest BCUT2D eigenvalue weighted by Crippen LogP contribution is -2.49. The van der Waals surface area contributed by atoms with Crippen LogP contribution in [0.4, 0.5) is 5.82 Å². The number of halogens is 1. The van der Waals surface area contributed by atoms with Crippen molar-refractivity contribution < 1.29 is 29.0 Å². The summed E-state index contributed by atoms with van der Waals surface area (Å²) in [5.41, 5.74) is 1.51. The maximum Gasteiger partial charge on any atom is 0.242 e. The number of imide groups is 2. The lowest BCUT2D eigenvalue weighted by Gasteiger charge is -2.49. The number of nitrogens with zero attached hydrogens (tertiary/aromatic N) is 4. The summed E-state index contributed by atoms with van der Waals surface area (Å²) in [6.07, 6.45) is 2.51. The van der Waals surface area contributed by atoms with Gasteiger partial charge in [0.25, 0.3) is 0 Å². The number of likely N-dealkylation sites (tertiary alicyclic amines) is 1. The minimum absolute atomic E-state index is 0.0468. The van der Waals surface area contributed by atoms with Gasteiger partial charge in [-0.05, 0) is 91.4 Å². The zero-order valence-corrected chi connectivity index (χ0v) is 31.7. The lowest BCUT2D eigenvalue weighted by molar-refractivity contribution is -0.141. The molecule has 5 aromatic rings. The number of fused-ring (bicyclic) bond motifs is 5. The summed E-state index contributed by atoms with van der Waals surface area (Å²) in [4.78, 5) is 62.5. The van der Waals surface area contributed by atoms with E-state index in [0.29, 0.717) is 34.3 Å². The van der Waals surface area contributed by atoms with Gasteiger partial charge in [-0.25, -0.2) is 4.90 Å². The molecule has 0 spiro atoms. The van der Waals surface area contributed by atoms with Crippen LogP contribution in [0.3, 0.4) is 0 Å². The van der Waals surface area contributed by atoms with E-state index in [1.807, 2.05) is 48.7 Å². The molecule has 10 nitrogen and oxygen atoms in total. The molecule has 6 atom stereocenters. The van der Waals surface area contributed by atoms with Gasteiger partial charge in [0.2, 0.25) is 23.6 Å². The van der Waals surface area contributed by atoms with Crippen molar-refractivity contribution in [3.05, 3.63) is 92.7 Å². The summed E-state index contributed by atoms with van der Waals surface area (Å²) in [5, 5.41) is 19.8. The predicted molar refractivity (Wildman–Crippen MR) is 203 cm³/mol. The number of aryl methyl sites for hydroxylation is 2. The molecule has 0 bridgehead atoms. The van der Waals surface area contributed by atoms with Crippen LogP contribution in [0.25, 0.3) is 20.7 Å². The number of methoxy groups -OCH3 is 1. The van der Waals surface area contributed by atoms with Crippen LogP contribution in [0.2, 0.25) is 5.02 Å². The van der Waals surface area contributed by atoms with E-state index in [9.17, 15) is 19.5 Å². The van der Waals surface area contributed by atoms with E-state index in [4.69, 9.17) is 21.4 Å². The van der Waals surface area contributed by atoms with Crippen LogP contribution in [0.5, 0.6) is 11.5 Å². The Kier molecular flexibility index (Phi) is 7.78. The van der Waals surface area contributed by atoms with Gasteiger partial charge in [0, 0.05) is 39.2 Å². The maximum atomic E-state index is 15.1. The van der Waals surface area contributed by atoms with E-state index in [1.165, 1.54) is 34.3 Å². The number of thiophene rings is 2. The molecule has 4 amide bonds. The normalized spacial score (nSPS) is 26.7. The number of aromatic nitrogens is 2. The second kappa shape index (κ2) is 12.1. The van der Waals surface area contributed by atoms with Crippen molar-refractivity contribution >= 4 is 73.8 Å². The van der Waals surface area contributed by atoms with Gasteiger partial charge in [-0.3, -0.25) is 28.8 Å². The van der Waals surface area contributed by atoms with Gasteiger partial charge in [-0.1, -0.05) is 29.3 Å². The number of allylic oxidation sites excluding steroid dienone is 2. The number of rotatable bonds is 6. The zero-order valence-electron chi connectivity index (χ0n) is 29.3. The standard InChI is InChI=1S/C40H35ClN4O6S2/c1-19-25-14-20(41)7-12-31(25)53-35(19)29-17-32(43(3)42-29)45-37(48)28-16-26-23(34(40(28,2)39(45)50)27-15-21(51-4)8-11-30(27)46)9-10-24-33(26)38(49)44(36(24)47)18-22-6-5-13-52-22/h5-9,11-15,17,24,26,28,33-34,46H,10,16,18H2,1-4H3. The number of benzene rings is 2. The third-order valence-corrected chi connectivity index (χ3v) is 14.4. The number of phenols is 1. The highest BCUT2D eigenvalue weighted by atomic mass is 35.5. The van der Waals surface area contributed by atoms with E-state index >= 15 is 4.79 Å². The van der Waals surface area contributed by atoms with E-state index in [-0.39, 0.29) is 30.5 Å². The molecule has 53 heavy (non-hydrogen) atoms. The zero-order chi connectivity index (χ0) is 37.1. The fourth-order valence-corrected chi connectivity index (χ4v) is 11.5. The van der Waals surface area contributed by atoms with E-state index < -0.39 is 46.8 Å². The average Bonchev–Trinajstić information content (AvgIpc) is 3.95. The average molecular weight is 767 g/mol. The SMILES string of the molecule is COc1ccc(O)c(C2C3=CCC4C(=O)N(Cc5cccs5)C(=O)C4C3CC3C(=O)N(c4cc(-c5sc6ccc(Cl)cc6c5C)nn4C)C(=O)C32C)c1. The number of amides is 4. The molecule has 13 heteroatoms. The van der Waals surface area contributed by atoms with Gasteiger partial charge in [0.15, 0.2) is 0 Å². The molecule has 6 unspecified atom stereocenters. The van der Waals surface area contributed by atoms with Crippen LogP contribution in [-0.2, 0) is 32.8 Å². The lowest BCUT2D eigenvalue weighted by atomic mass is 9.51. The Morgan fingerprint density at radius 2 is 1.85 bits per heavy atom. The Labute approximate surface area is 318 Å². The van der Waals surface area contributed by atoms with Crippen molar-refractivity contribution in [1.82, 2.24) is 14.7 Å². The van der Waals surface area contributed by atoms with Gasteiger partial charge >= 0.3 is 0 Å². The quantitative estimate of drug-likeness (QED) is 0.141. The van der Waals surface area contributed by atoms with Crippen molar-refractivity contribution in [2.24, 2.45) is 36.1 Å². The first kappa shape index (κ1) is 34.0. The second-order valence-electron chi connectivity index (χ2n) is 14.6. The van der Waals surface area contributed by atoms with E-state index in [0.717, 1.165) is 31.0 Å². The first-order valence-corrected chi connectivity index (χ1v) is 19.6. The van der Waals surface area contributed by atoms with Crippen LogP contribution in [-0.4, -0.2) is 50.5 Å². The third kappa shape index (κ3) is 4.84. The summed E-state index contributed by atoms with van der Waals surface area (Å²) >= 11 is 9.37. The van der Waals surface area contributed by atoms with Crippen molar-refractivity contribution in [3.8, 4) is 22.1 Å². The molecule has 1 N–H and O–H groups in total. The van der Waals surface area contributed by atoms with Gasteiger partial charge in [0.05, 0.1) is 41.7 Å². The summed E-state index contributed by atoms with van der Waals surface area (Å²) in [6, 6.07) is 16.2. The van der Waals surface area contributed by atoms with Crippen molar-refractivity contribution in [3.63, 3.8) is 0 Å². The maximum absolute atomic E-state index is 15.1.